The number of furan rings is 1. The SMILES string of the molecule is [B]c1ccc2oc(C(=O)c3ccccc3)cc2c1. The molecule has 0 amide bonds. The summed E-state index contributed by atoms with van der Waals surface area (Å²) in [6, 6.07) is 16.1. The summed E-state index contributed by atoms with van der Waals surface area (Å²) in [4.78, 5) is 12.2. The number of ketones is 1. The molecule has 0 aliphatic carbocycles. The van der Waals surface area contributed by atoms with Crippen LogP contribution in [-0.4, -0.2) is 13.6 Å². The van der Waals surface area contributed by atoms with Crippen LogP contribution in [0.5, 0.6) is 0 Å². The number of carbonyl (C=O) groups is 1. The second kappa shape index (κ2) is 4.19. The topological polar surface area (TPSA) is 30.2 Å². The van der Waals surface area contributed by atoms with Crippen LogP contribution in [0, 0.1) is 0 Å². The van der Waals surface area contributed by atoms with Crippen molar-refractivity contribution in [1.29, 1.82) is 0 Å². The molecule has 2 aromatic carbocycles. The van der Waals surface area contributed by atoms with Crippen LogP contribution >= 0.6 is 0 Å². The molecule has 1 heterocycles. The number of carbonyl (C=O) groups excluding carboxylic acids is 1. The Labute approximate surface area is 106 Å². The monoisotopic (exact) mass is 232 g/mol. The molecule has 3 heteroatoms. The van der Waals surface area contributed by atoms with E-state index >= 15 is 0 Å². The van der Waals surface area contributed by atoms with Gasteiger partial charge in [0.2, 0.25) is 5.78 Å². The lowest BCUT2D eigenvalue weighted by molar-refractivity contribution is 0.101. The molecule has 0 bridgehead atoms. The smallest absolute Gasteiger partial charge is 0.228 e. The van der Waals surface area contributed by atoms with Crippen LogP contribution in [0.3, 0.4) is 0 Å². The first-order valence-electron chi connectivity index (χ1n) is 5.63. The highest BCUT2D eigenvalue weighted by Gasteiger charge is 2.13. The van der Waals surface area contributed by atoms with Crippen LogP contribution in [0.2, 0.25) is 0 Å². The van der Waals surface area contributed by atoms with Crippen molar-refractivity contribution >= 4 is 30.1 Å². The third-order valence-electron chi connectivity index (χ3n) is 2.80. The van der Waals surface area contributed by atoms with Crippen molar-refractivity contribution in [2.75, 3.05) is 0 Å². The summed E-state index contributed by atoms with van der Waals surface area (Å²) in [6.07, 6.45) is 0. The van der Waals surface area contributed by atoms with Crippen molar-refractivity contribution in [2.45, 2.75) is 0 Å². The summed E-state index contributed by atoms with van der Waals surface area (Å²) in [5, 5.41) is 0.842. The highest BCUT2D eigenvalue weighted by Crippen LogP contribution is 2.20. The first-order chi connectivity index (χ1) is 8.74. The molecule has 0 N–H and O–H groups in total. The third kappa shape index (κ3) is 1.84. The van der Waals surface area contributed by atoms with Crippen LogP contribution in [0.15, 0.2) is 59.0 Å². The second-order valence-electron chi connectivity index (χ2n) is 4.10. The van der Waals surface area contributed by atoms with E-state index in [1.165, 1.54) is 0 Å². The maximum Gasteiger partial charge on any atom is 0.228 e. The van der Waals surface area contributed by atoms with E-state index in [1.54, 1.807) is 36.4 Å². The fourth-order valence-corrected chi connectivity index (χ4v) is 1.91. The summed E-state index contributed by atoms with van der Waals surface area (Å²) in [5.41, 5.74) is 1.94. The standard InChI is InChI=1S/C15H9BO2/c16-12-6-7-13-11(8-12)9-14(18-13)15(17)10-4-2-1-3-5-10/h1-9H. The predicted octanol–water partition coefficient (Wildman–Crippen LogP) is 2.46. The van der Waals surface area contributed by atoms with Gasteiger partial charge in [-0.3, -0.25) is 4.79 Å². The van der Waals surface area contributed by atoms with Gasteiger partial charge in [-0.05, 0) is 12.1 Å². The van der Waals surface area contributed by atoms with Gasteiger partial charge < -0.3 is 4.42 Å². The number of hydrogen-bond acceptors (Lipinski definition) is 2. The Morgan fingerprint density at radius 2 is 1.78 bits per heavy atom. The number of benzene rings is 2. The van der Waals surface area contributed by atoms with Gasteiger partial charge in [-0.15, -0.1) is 0 Å². The van der Waals surface area contributed by atoms with Gasteiger partial charge >= 0.3 is 0 Å². The summed E-state index contributed by atoms with van der Waals surface area (Å²) in [6.45, 7) is 0. The van der Waals surface area contributed by atoms with Gasteiger partial charge in [-0.2, -0.15) is 0 Å². The van der Waals surface area contributed by atoms with Crippen LogP contribution in [0.4, 0.5) is 0 Å². The van der Waals surface area contributed by atoms with Gasteiger partial charge in [0.15, 0.2) is 5.76 Å². The first kappa shape index (κ1) is 10.8. The summed E-state index contributed by atoms with van der Waals surface area (Å²) < 4.78 is 5.53. The average molecular weight is 232 g/mol. The van der Waals surface area contributed by atoms with Crippen LogP contribution in [-0.2, 0) is 0 Å². The van der Waals surface area contributed by atoms with Crippen LogP contribution in [0.25, 0.3) is 11.0 Å². The largest absolute Gasteiger partial charge is 0.453 e. The van der Waals surface area contributed by atoms with E-state index in [1.807, 2.05) is 18.2 Å². The molecule has 0 saturated carbocycles. The molecule has 0 aliphatic heterocycles. The Morgan fingerprint density at radius 3 is 2.56 bits per heavy atom. The molecule has 0 aliphatic rings. The zero-order valence-electron chi connectivity index (χ0n) is 9.59. The van der Waals surface area contributed by atoms with Gasteiger partial charge in [-0.1, -0.05) is 47.9 Å². The Kier molecular flexibility index (Phi) is 2.52. The van der Waals surface area contributed by atoms with E-state index in [4.69, 9.17) is 12.3 Å². The normalized spacial score (nSPS) is 10.7. The van der Waals surface area contributed by atoms with Crippen molar-refractivity contribution in [3.63, 3.8) is 0 Å². The average Bonchev–Trinajstić information content (AvgIpc) is 2.81. The van der Waals surface area contributed by atoms with Gasteiger partial charge in [0, 0.05) is 10.9 Å². The van der Waals surface area contributed by atoms with Crippen molar-refractivity contribution in [3.05, 3.63) is 65.9 Å². The number of hydrogen-bond donors (Lipinski definition) is 0. The number of rotatable bonds is 2. The van der Waals surface area contributed by atoms with E-state index in [2.05, 4.69) is 0 Å². The summed E-state index contributed by atoms with van der Waals surface area (Å²) >= 11 is 0. The van der Waals surface area contributed by atoms with Gasteiger partial charge in [0.05, 0.1) is 0 Å². The van der Waals surface area contributed by atoms with E-state index in [-0.39, 0.29) is 5.78 Å². The molecule has 2 nitrogen and oxygen atoms in total. The molecule has 2 radical (unpaired) electrons. The maximum atomic E-state index is 12.2. The molecule has 3 rings (SSSR count). The molecule has 0 spiro atoms. The lowest BCUT2D eigenvalue weighted by Crippen LogP contribution is -1.98. The number of fused-ring (bicyclic) bond motifs is 1. The van der Waals surface area contributed by atoms with Crippen LogP contribution in [0.1, 0.15) is 16.1 Å². The lowest BCUT2D eigenvalue weighted by atomic mass is 9.95. The molecule has 0 unspecified atom stereocenters. The summed E-state index contributed by atoms with van der Waals surface area (Å²) in [7, 11) is 5.69. The van der Waals surface area contributed by atoms with E-state index in [9.17, 15) is 4.79 Å². The fraction of sp³-hybridized carbons (Fsp3) is 0. The molecule has 1 aromatic heterocycles. The predicted molar refractivity (Wildman–Crippen MR) is 71.5 cm³/mol. The Hall–Kier alpha value is -2.29. The van der Waals surface area contributed by atoms with E-state index in [0.29, 0.717) is 22.4 Å². The Morgan fingerprint density at radius 1 is 1.00 bits per heavy atom. The van der Waals surface area contributed by atoms with Gasteiger partial charge in [0.1, 0.15) is 13.4 Å². The molecule has 84 valence electrons. The molecule has 0 atom stereocenters. The zero-order valence-corrected chi connectivity index (χ0v) is 9.59. The fourth-order valence-electron chi connectivity index (χ4n) is 1.91. The minimum atomic E-state index is -0.120. The highest BCUT2D eigenvalue weighted by atomic mass is 16.3. The third-order valence-corrected chi connectivity index (χ3v) is 2.80. The maximum absolute atomic E-state index is 12.2. The Balaban J connectivity index is 2.07. The molecule has 0 saturated heterocycles. The van der Waals surface area contributed by atoms with Crippen molar-refractivity contribution < 1.29 is 9.21 Å². The van der Waals surface area contributed by atoms with E-state index < -0.39 is 0 Å². The van der Waals surface area contributed by atoms with Crippen LogP contribution < -0.4 is 5.46 Å². The zero-order chi connectivity index (χ0) is 12.5. The molecular weight excluding hydrogens is 223 g/mol. The highest BCUT2D eigenvalue weighted by molar-refractivity contribution is 6.33. The van der Waals surface area contributed by atoms with Crippen molar-refractivity contribution in [2.24, 2.45) is 0 Å². The van der Waals surface area contributed by atoms with Gasteiger partial charge in [0.25, 0.3) is 0 Å². The molecule has 18 heavy (non-hydrogen) atoms. The van der Waals surface area contributed by atoms with Gasteiger partial charge in [-0.25, -0.2) is 0 Å². The first-order valence-corrected chi connectivity index (χ1v) is 5.63. The van der Waals surface area contributed by atoms with Crippen molar-refractivity contribution in [1.82, 2.24) is 0 Å². The quantitative estimate of drug-likeness (QED) is 0.501. The molecule has 3 aromatic rings. The minimum absolute atomic E-state index is 0.120. The molecular formula is C15H9BO2. The Bertz CT molecular complexity index is 714. The lowest BCUT2D eigenvalue weighted by Gasteiger charge is -1.95. The van der Waals surface area contributed by atoms with Crippen molar-refractivity contribution in [3.8, 4) is 0 Å². The van der Waals surface area contributed by atoms with E-state index in [0.717, 1.165) is 5.39 Å². The minimum Gasteiger partial charge on any atom is -0.453 e. The summed E-state index contributed by atoms with van der Waals surface area (Å²) in [5.74, 6) is 0.215. The second-order valence-corrected chi connectivity index (χ2v) is 4.10. The molecule has 0 fully saturated rings.